The van der Waals surface area contributed by atoms with Crippen molar-refractivity contribution >= 4 is 17.3 Å². The molecule has 0 radical (unpaired) electrons. The van der Waals surface area contributed by atoms with Crippen LogP contribution in [0.25, 0.3) is 5.52 Å². The lowest BCUT2D eigenvalue weighted by Gasteiger charge is -2.07. The minimum Gasteiger partial charge on any atom is -0.264 e. The predicted octanol–water partition coefficient (Wildman–Crippen LogP) is 1.60. The Morgan fingerprint density at radius 3 is 2.88 bits per heavy atom. The average molecular weight is 231 g/mol. The molecule has 0 amide bonds. The molecule has 2 aromatic heterocycles. The Labute approximate surface area is 96.6 Å². The molecule has 0 aliphatic carbocycles. The van der Waals surface area contributed by atoms with Gasteiger partial charge in [0.05, 0.1) is 5.52 Å². The molecule has 0 unspecified atom stereocenters. The van der Waals surface area contributed by atoms with Gasteiger partial charge in [-0.25, -0.2) is 4.79 Å². The van der Waals surface area contributed by atoms with Gasteiger partial charge in [0.2, 0.25) is 0 Å². The number of thioether (sulfide) groups is 1. The van der Waals surface area contributed by atoms with E-state index in [1.165, 1.54) is 16.2 Å². The average Bonchev–Trinajstić information content (AvgIpc) is 2.28. The van der Waals surface area contributed by atoms with E-state index < -0.39 is 0 Å². The molecule has 0 bridgehead atoms. The van der Waals surface area contributed by atoms with Gasteiger partial charge in [0.25, 0.3) is 0 Å². The summed E-state index contributed by atoms with van der Waals surface area (Å²) in [4.78, 5) is 15.7. The normalized spacial score (nSPS) is 10.3. The van der Waals surface area contributed by atoms with Crippen LogP contribution in [-0.2, 0) is 0 Å². The molecule has 4 nitrogen and oxygen atoms in total. The Balaban J connectivity index is 3.05. The zero-order valence-corrected chi connectivity index (χ0v) is 9.71. The lowest BCUT2D eigenvalue weighted by Crippen LogP contribution is -2.20. The first-order valence-corrected chi connectivity index (χ1v) is 5.88. The van der Waals surface area contributed by atoms with Crippen molar-refractivity contribution < 1.29 is 0 Å². The third-order valence-electron chi connectivity index (χ3n) is 2.35. The van der Waals surface area contributed by atoms with Crippen molar-refractivity contribution in [2.45, 2.75) is 11.9 Å². The molecular weight excluding hydrogens is 222 g/mol. The van der Waals surface area contributed by atoms with Crippen LogP contribution in [0, 0.1) is 18.3 Å². The molecule has 16 heavy (non-hydrogen) atoms. The van der Waals surface area contributed by atoms with Crippen molar-refractivity contribution in [2.75, 3.05) is 6.26 Å². The van der Waals surface area contributed by atoms with E-state index in [0.29, 0.717) is 16.1 Å². The Hall–Kier alpha value is -1.80. The van der Waals surface area contributed by atoms with Gasteiger partial charge in [0, 0.05) is 5.69 Å². The highest BCUT2D eigenvalue weighted by atomic mass is 32.2. The second-order valence-electron chi connectivity index (χ2n) is 3.28. The monoisotopic (exact) mass is 231 g/mol. The van der Waals surface area contributed by atoms with Gasteiger partial charge >= 0.3 is 5.69 Å². The summed E-state index contributed by atoms with van der Waals surface area (Å²) in [6.07, 6.45) is 1.80. The molecule has 0 aliphatic rings. The Morgan fingerprint density at radius 1 is 1.50 bits per heavy atom. The molecule has 5 heteroatoms. The van der Waals surface area contributed by atoms with Crippen LogP contribution >= 0.6 is 11.8 Å². The highest BCUT2D eigenvalue weighted by molar-refractivity contribution is 7.98. The smallest absolute Gasteiger partial charge is 0.264 e. The summed E-state index contributed by atoms with van der Waals surface area (Å²) >= 11 is 1.31. The topological polar surface area (TPSA) is 58.2 Å². The van der Waals surface area contributed by atoms with E-state index >= 15 is 0 Å². The molecule has 0 N–H and O–H groups in total. The van der Waals surface area contributed by atoms with Crippen LogP contribution in [-0.4, -0.2) is 15.6 Å². The highest BCUT2D eigenvalue weighted by Crippen LogP contribution is 2.19. The number of fused-ring (bicyclic) bond motifs is 1. The second-order valence-corrected chi connectivity index (χ2v) is 4.07. The first-order chi connectivity index (χ1) is 7.69. The zero-order chi connectivity index (χ0) is 11.7. The number of pyridine rings is 1. The standard InChI is InChI=1S/C11H9N3OS/c1-7-4-3-5-9-8(6-12)10(16-2)13-11(15)14(7)9/h3-5H,1-2H3. The number of aryl methyl sites for hydroxylation is 1. The third kappa shape index (κ3) is 1.48. The fourth-order valence-corrected chi connectivity index (χ4v) is 2.15. The third-order valence-corrected chi connectivity index (χ3v) is 3.03. The molecule has 80 valence electrons. The Bertz CT molecular complexity index is 655. The Morgan fingerprint density at radius 2 is 2.25 bits per heavy atom. The van der Waals surface area contributed by atoms with Crippen LogP contribution in [0.4, 0.5) is 0 Å². The number of nitriles is 1. The van der Waals surface area contributed by atoms with E-state index in [9.17, 15) is 4.79 Å². The number of aromatic nitrogens is 2. The molecule has 0 saturated carbocycles. The number of nitrogens with zero attached hydrogens (tertiary/aromatic N) is 3. The van der Waals surface area contributed by atoms with Gasteiger partial charge in [-0.1, -0.05) is 6.07 Å². The molecule has 0 saturated heterocycles. The van der Waals surface area contributed by atoms with Gasteiger partial charge < -0.3 is 0 Å². The van der Waals surface area contributed by atoms with E-state index in [1.807, 2.05) is 19.1 Å². The summed E-state index contributed by atoms with van der Waals surface area (Å²) in [5, 5.41) is 9.59. The van der Waals surface area contributed by atoms with E-state index in [4.69, 9.17) is 5.26 Å². The summed E-state index contributed by atoms with van der Waals surface area (Å²) in [6, 6.07) is 7.50. The van der Waals surface area contributed by atoms with E-state index in [1.54, 1.807) is 12.3 Å². The number of hydrogen-bond donors (Lipinski definition) is 0. The van der Waals surface area contributed by atoms with Crippen molar-refractivity contribution in [1.29, 1.82) is 5.26 Å². The summed E-state index contributed by atoms with van der Waals surface area (Å²) in [7, 11) is 0. The predicted molar refractivity (Wildman–Crippen MR) is 62.7 cm³/mol. The van der Waals surface area contributed by atoms with Gasteiger partial charge in [-0.3, -0.25) is 4.40 Å². The molecule has 0 fully saturated rings. The SMILES string of the molecule is CSc1nc(=O)n2c(C)cccc2c1C#N. The van der Waals surface area contributed by atoms with Crippen molar-refractivity contribution in [3.63, 3.8) is 0 Å². The first-order valence-electron chi connectivity index (χ1n) is 4.65. The molecule has 2 rings (SSSR count). The molecular formula is C11H9N3OS. The summed E-state index contributed by atoms with van der Waals surface area (Å²) < 4.78 is 1.46. The van der Waals surface area contributed by atoms with Crippen molar-refractivity contribution in [1.82, 2.24) is 9.38 Å². The van der Waals surface area contributed by atoms with Crippen LogP contribution in [0.5, 0.6) is 0 Å². The molecule has 2 heterocycles. The maximum atomic E-state index is 11.8. The molecule has 0 spiro atoms. The largest absolute Gasteiger partial charge is 0.353 e. The van der Waals surface area contributed by atoms with Gasteiger partial charge in [-0.15, -0.1) is 11.8 Å². The van der Waals surface area contributed by atoms with Crippen LogP contribution in [0.2, 0.25) is 0 Å². The summed E-state index contributed by atoms with van der Waals surface area (Å²) in [5.74, 6) is 0. The quantitative estimate of drug-likeness (QED) is 0.552. The lowest BCUT2D eigenvalue weighted by atomic mass is 10.2. The van der Waals surface area contributed by atoms with Crippen molar-refractivity contribution in [2.24, 2.45) is 0 Å². The lowest BCUT2D eigenvalue weighted by molar-refractivity contribution is 0.896. The molecule has 2 aromatic rings. The summed E-state index contributed by atoms with van der Waals surface area (Å²) in [6.45, 7) is 1.82. The summed E-state index contributed by atoms with van der Waals surface area (Å²) in [5.41, 5.74) is 1.51. The number of hydrogen-bond acceptors (Lipinski definition) is 4. The fourth-order valence-electron chi connectivity index (χ4n) is 1.62. The van der Waals surface area contributed by atoms with Gasteiger partial charge in [-0.05, 0) is 25.3 Å². The minimum atomic E-state index is -0.337. The Kier molecular flexibility index (Phi) is 2.67. The maximum Gasteiger partial charge on any atom is 0.353 e. The maximum absolute atomic E-state index is 11.8. The van der Waals surface area contributed by atoms with E-state index in [0.717, 1.165) is 5.69 Å². The van der Waals surface area contributed by atoms with Crippen LogP contribution in [0.1, 0.15) is 11.3 Å². The second kappa shape index (κ2) is 3.99. The molecule has 0 aromatic carbocycles. The van der Waals surface area contributed by atoms with Crippen LogP contribution < -0.4 is 5.69 Å². The van der Waals surface area contributed by atoms with Gasteiger partial charge in [0.1, 0.15) is 16.7 Å². The van der Waals surface area contributed by atoms with Gasteiger partial charge in [-0.2, -0.15) is 10.2 Å². The van der Waals surface area contributed by atoms with E-state index in [-0.39, 0.29) is 5.69 Å². The number of rotatable bonds is 1. The van der Waals surface area contributed by atoms with Crippen LogP contribution in [0.3, 0.4) is 0 Å². The van der Waals surface area contributed by atoms with Crippen LogP contribution in [0.15, 0.2) is 28.0 Å². The van der Waals surface area contributed by atoms with Gasteiger partial charge in [0.15, 0.2) is 0 Å². The first kappa shape index (κ1) is 10.7. The highest BCUT2D eigenvalue weighted by Gasteiger charge is 2.11. The minimum absolute atomic E-state index is 0.337. The molecule has 0 aliphatic heterocycles. The zero-order valence-electron chi connectivity index (χ0n) is 8.89. The van der Waals surface area contributed by atoms with Crippen molar-refractivity contribution in [3.05, 3.63) is 39.9 Å². The molecule has 0 atom stereocenters. The van der Waals surface area contributed by atoms with Crippen molar-refractivity contribution in [3.8, 4) is 6.07 Å². The van der Waals surface area contributed by atoms with E-state index in [2.05, 4.69) is 11.1 Å². The fraction of sp³-hybridized carbons (Fsp3) is 0.182.